The van der Waals surface area contributed by atoms with E-state index in [-0.39, 0.29) is 35.1 Å². The summed E-state index contributed by atoms with van der Waals surface area (Å²) >= 11 is 5.95. The first kappa shape index (κ1) is 19.4. The molecule has 0 aliphatic heterocycles. The molecule has 6 heteroatoms. The Labute approximate surface area is 141 Å². The van der Waals surface area contributed by atoms with Crippen molar-refractivity contribution in [2.45, 2.75) is 51.3 Å². The van der Waals surface area contributed by atoms with E-state index in [1.54, 1.807) is 0 Å². The monoisotopic (exact) mass is 342 g/mol. The van der Waals surface area contributed by atoms with Crippen molar-refractivity contribution in [3.05, 3.63) is 22.3 Å². The molecule has 0 aromatic rings. The van der Waals surface area contributed by atoms with Gasteiger partial charge in [0.25, 0.3) is 0 Å². The topological polar surface area (TPSA) is 69.7 Å². The van der Waals surface area contributed by atoms with Gasteiger partial charge >= 0.3 is 11.9 Å². The highest BCUT2D eigenvalue weighted by atomic mass is 35.5. The zero-order valence-electron chi connectivity index (χ0n) is 14.0. The molecule has 0 radical (unpaired) electrons. The molecule has 0 aromatic carbocycles. The summed E-state index contributed by atoms with van der Waals surface area (Å²) < 4.78 is 9.50. The van der Waals surface area contributed by atoms with Gasteiger partial charge in [0.2, 0.25) is 0 Å². The Morgan fingerprint density at radius 2 is 1.57 bits per heavy atom. The molecule has 23 heavy (non-hydrogen) atoms. The maximum atomic E-state index is 12.0. The molecule has 128 valence electrons. The van der Waals surface area contributed by atoms with E-state index in [0.29, 0.717) is 12.0 Å². The lowest BCUT2D eigenvalue weighted by Crippen LogP contribution is -2.21. The standard InChI is InChI=1S/C17H23ClO5/c1-10(18)6-5-7-12-8-14(16(20)22-3)15(17(21)23-4)9-13(12)11(2)19/h10H,5-9H2,1-4H3. The van der Waals surface area contributed by atoms with Crippen molar-refractivity contribution >= 4 is 29.3 Å². The van der Waals surface area contributed by atoms with E-state index >= 15 is 0 Å². The highest BCUT2D eigenvalue weighted by Crippen LogP contribution is 2.34. The van der Waals surface area contributed by atoms with Crippen LogP contribution < -0.4 is 0 Å². The van der Waals surface area contributed by atoms with Crippen molar-refractivity contribution in [2.75, 3.05) is 14.2 Å². The summed E-state index contributed by atoms with van der Waals surface area (Å²) in [6, 6.07) is 0. The van der Waals surface area contributed by atoms with Crippen LogP contribution in [0.25, 0.3) is 0 Å². The quantitative estimate of drug-likeness (QED) is 0.525. The van der Waals surface area contributed by atoms with Gasteiger partial charge in [0.1, 0.15) is 0 Å². The van der Waals surface area contributed by atoms with Crippen LogP contribution in [-0.4, -0.2) is 37.3 Å². The molecule has 0 N–H and O–H groups in total. The molecule has 0 saturated carbocycles. The fraction of sp³-hybridized carbons (Fsp3) is 0.588. The number of esters is 2. The fourth-order valence-corrected chi connectivity index (χ4v) is 2.84. The lowest BCUT2D eigenvalue weighted by molar-refractivity contribution is -0.139. The predicted octanol–water partition coefficient (Wildman–Crippen LogP) is 3.11. The minimum atomic E-state index is -0.599. The van der Waals surface area contributed by atoms with Gasteiger partial charge < -0.3 is 9.47 Å². The molecule has 0 saturated heterocycles. The van der Waals surface area contributed by atoms with Crippen LogP contribution in [0, 0.1) is 0 Å². The summed E-state index contributed by atoms with van der Waals surface area (Å²) in [5.41, 5.74) is 1.94. The Bertz CT molecular complexity index is 557. The minimum absolute atomic E-state index is 0.0567. The lowest BCUT2D eigenvalue weighted by atomic mass is 9.82. The van der Waals surface area contributed by atoms with Crippen LogP contribution in [0.4, 0.5) is 0 Å². The fourth-order valence-electron chi connectivity index (χ4n) is 2.68. The molecular weight excluding hydrogens is 320 g/mol. The van der Waals surface area contributed by atoms with Crippen LogP contribution in [-0.2, 0) is 23.9 Å². The second-order valence-electron chi connectivity index (χ2n) is 5.61. The van der Waals surface area contributed by atoms with E-state index in [9.17, 15) is 14.4 Å². The van der Waals surface area contributed by atoms with Crippen molar-refractivity contribution in [3.8, 4) is 0 Å². The second-order valence-corrected chi connectivity index (χ2v) is 6.35. The van der Waals surface area contributed by atoms with Gasteiger partial charge in [-0.3, -0.25) is 4.79 Å². The largest absolute Gasteiger partial charge is 0.466 e. The van der Waals surface area contributed by atoms with Gasteiger partial charge in [0.15, 0.2) is 5.78 Å². The molecule has 1 unspecified atom stereocenters. The van der Waals surface area contributed by atoms with Crippen LogP contribution in [0.2, 0.25) is 0 Å². The third-order valence-electron chi connectivity index (χ3n) is 3.90. The summed E-state index contributed by atoms with van der Waals surface area (Å²) in [4.78, 5) is 35.9. The minimum Gasteiger partial charge on any atom is -0.466 e. The number of Topliss-reactive ketones (excluding diaryl/α,β-unsaturated/α-hetero) is 1. The Balaban J connectivity index is 3.11. The van der Waals surface area contributed by atoms with E-state index in [0.717, 1.165) is 18.4 Å². The Morgan fingerprint density at radius 1 is 1.04 bits per heavy atom. The smallest absolute Gasteiger partial charge is 0.334 e. The summed E-state index contributed by atoms with van der Waals surface area (Å²) in [6.07, 6.45) is 2.65. The third kappa shape index (κ3) is 5.20. The average molecular weight is 343 g/mol. The summed E-state index contributed by atoms with van der Waals surface area (Å²) in [7, 11) is 2.52. The molecule has 1 aliphatic rings. The van der Waals surface area contributed by atoms with Gasteiger partial charge in [-0.1, -0.05) is 5.57 Å². The third-order valence-corrected chi connectivity index (χ3v) is 4.12. The molecule has 0 aromatic heterocycles. The van der Waals surface area contributed by atoms with Crippen molar-refractivity contribution in [2.24, 2.45) is 0 Å². The number of carbonyl (C=O) groups excluding carboxylic acids is 3. The first-order valence-electron chi connectivity index (χ1n) is 7.56. The number of rotatable bonds is 7. The van der Waals surface area contributed by atoms with E-state index in [1.165, 1.54) is 21.1 Å². The number of ketones is 1. The normalized spacial score (nSPS) is 16.2. The molecule has 0 spiro atoms. The molecule has 0 fully saturated rings. The van der Waals surface area contributed by atoms with Crippen LogP contribution >= 0.6 is 11.6 Å². The summed E-state index contributed by atoms with van der Waals surface area (Å²) in [6.45, 7) is 3.38. The van der Waals surface area contributed by atoms with Crippen LogP contribution in [0.1, 0.15) is 46.0 Å². The van der Waals surface area contributed by atoms with Gasteiger partial charge in [-0.05, 0) is 38.7 Å². The number of carbonyl (C=O) groups is 3. The summed E-state index contributed by atoms with van der Waals surface area (Å²) in [5.74, 6) is -1.25. The van der Waals surface area contributed by atoms with Gasteiger partial charge in [-0.15, -0.1) is 11.6 Å². The molecule has 0 bridgehead atoms. The van der Waals surface area contributed by atoms with Crippen LogP contribution in [0.3, 0.4) is 0 Å². The van der Waals surface area contributed by atoms with E-state index in [2.05, 4.69) is 0 Å². The van der Waals surface area contributed by atoms with Crippen molar-refractivity contribution in [1.82, 2.24) is 0 Å². The number of hydrogen-bond donors (Lipinski definition) is 0. The summed E-state index contributed by atoms with van der Waals surface area (Å²) in [5, 5.41) is 0.0567. The maximum Gasteiger partial charge on any atom is 0.334 e. The van der Waals surface area contributed by atoms with Crippen molar-refractivity contribution in [1.29, 1.82) is 0 Å². The molecule has 5 nitrogen and oxygen atoms in total. The zero-order chi connectivity index (χ0) is 17.6. The Hall–Kier alpha value is -1.62. The van der Waals surface area contributed by atoms with Gasteiger partial charge in [-0.2, -0.15) is 0 Å². The second kappa shape index (κ2) is 8.87. The van der Waals surface area contributed by atoms with E-state index in [1.807, 2.05) is 6.92 Å². The Kier molecular flexibility index (Phi) is 7.49. The van der Waals surface area contributed by atoms with E-state index in [4.69, 9.17) is 21.1 Å². The van der Waals surface area contributed by atoms with E-state index < -0.39 is 11.9 Å². The molecule has 1 aliphatic carbocycles. The SMILES string of the molecule is COC(=O)C1=C(C(=O)OC)CC(C(C)=O)=C(CCCC(C)Cl)C1. The van der Waals surface area contributed by atoms with Crippen LogP contribution in [0.5, 0.6) is 0 Å². The first-order valence-corrected chi connectivity index (χ1v) is 8.00. The number of hydrogen-bond acceptors (Lipinski definition) is 5. The number of halogens is 1. The predicted molar refractivity (Wildman–Crippen MR) is 87.2 cm³/mol. The molecule has 0 amide bonds. The van der Waals surface area contributed by atoms with Crippen LogP contribution in [0.15, 0.2) is 22.3 Å². The lowest BCUT2D eigenvalue weighted by Gasteiger charge is -2.23. The molecule has 1 atom stereocenters. The zero-order valence-corrected chi connectivity index (χ0v) is 14.8. The molecular formula is C17H23ClO5. The number of methoxy groups -OCH3 is 2. The average Bonchev–Trinajstić information content (AvgIpc) is 2.52. The Morgan fingerprint density at radius 3 is 2.00 bits per heavy atom. The highest BCUT2D eigenvalue weighted by Gasteiger charge is 2.30. The van der Waals surface area contributed by atoms with Gasteiger partial charge in [-0.25, -0.2) is 9.59 Å². The number of alkyl halides is 1. The number of allylic oxidation sites excluding steroid dienone is 2. The highest BCUT2D eigenvalue weighted by molar-refractivity contribution is 6.20. The molecule has 0 heterocycles. The maximum absolute atomic E-state index is 12.0. The van der Waals surface area contributed by atoms with Crippen molar-refractivity contribution < 1.29 is 23.9 Å². The van der Waals surface area contributed by atoms with Crippen molar-refractivity contribution in [3.63, 3.8) is 0 Å². The van der Waals surface area contributed by atoms with Gasteiger partial charge in [0, 0.05) is 18.2 Å². The first-order chi connectivity index (χ1) is 10.8. The van der Waals surface area contributed by atoms with Gasteiger partial charge in [0.05, 0.1) is 25.4 Å². The number of ether oxygens (including phenoxy) is 2. The molecule has 1 rings (SSSR count).